The van der Waals surface area contributed by atoms with Gasteiger partial charge in [0.1, 0.15) is 0 Å². The van der Waals surface area contributed by atoms with E-state index in [0.717, 1.165) is 4.90 Å². The Morgan fingerprint density at radius 2 is 1.70 bits per heavy atom. The number of carbonyl (C=O) groups is 3. The molecule has 0 saturated carbocycles. The van der Waals surface area contributed by atoms with Crippen LogP contribution in [0.2, 0.25) is 0 Å². The van der Waals surface area contributed by atoms with Crippen molar-refractivity contribution in [1.29, 1.82) is 0 Å². The van der Waals surface area contributed by atoms with Gasteiger partial charge in [0, 0.05) is 10.6 Å². The number of thiophene rings is 1. The molecule has 2 aromatic carbocycles. The Morgan fingerprint density at radius 1 is 0.967 bits per heavy atom. The van der Waals surface area contributed by atoms with Gasteiger partial charge >= 0.3 is 5.97 Å². The van der Waals surface area contributed by atoms with Crippen LogP contribution in [0.3, 0.4) is 0 Å². The molecule has 154 valence electrons. The Morgan fingerprint density at radius 3 is 2.37 bits per heavy atom. The minimum atomic E-state index is -0.508. The Labute approximate surface area is 182 Å². The van der Waals surface area contributed by atoms with Crippen molar-refractivity contribution in [3.8, 4) is 0 Å². The molecule has 1 unspecified atom stereocenters. The van der Waals surface area contributed by atoms with E-state index in [-0.39, 0.29) is 11.8 Å². The number of benzene rings is 2. The maximum atomic E-state index is 12.6. The molecule has 0 fully saturated rings. The average molecular weight is 441 g/mol. The summed E-state index contributed by atoms with van der Waals surface area (Å²) in [5.74, 6) is -0.889. The number of methoxy groups -OCH3 is 1. The molecule has 6 nitrogen and oxygen atoms in total. The van der Waals surface area contributed by atoms with Crippen molar-refractivity contribution in [2.75, 3.05) is 17.7 Å². The normalized spacial score (nSPS) is 11.4. The third kappa shape index (κ3) is 5.49. The number of anilines is 2. The summed E-state index contributed by atoms with van der Waals surface area (Å²) < 4.78 is 4.75. The van der Waals surface area contributed by atoms with Gasteiger partial charge < -0.3 is 15.4 Å². The van der Waals surface area contributed by atoms with Crippen molar-refractivity contribution in [2.45, 2.75) is 17.1 Å². The van der Waals surface area contributed by atoms with E-state index in [1.807, 2.05) is 23.6 Å². The second-order valence-corrected chi connectivity index (χ2v) is 8.60. The molecule has 0 aliphatic rings. The number of esters is 1. The van der Waals surface area contributed by atoms with Gasteiger partial charge in [-0.3, -0.25) is 9.59 Å². The molecular weight excluding hydrogens is 420 g/mol. The zero-order chi connectivity index (χ0) is 21.5. The van der Waals surface area contributed by atoms with E-state index < -0.39 is 11.2 Å². The predicted molar refractivity (Wildman–Crippen MR) is 120 cm³/mol. The second-order valence-electron chi connectivity index (χ2n) is 6.24. The SMILES string of the molecule is COC(=O)c1ccccc1NC(=O)C(C)Sc1ccc(NC(=O)c2cccs2)cc1. The number of carbonyl (C=O) groups excluding carboxylic acids is 3. The number of ether oxygens (including phenoxy) is 1. The summed E-state index contributed by atoms with van der Waals surface area (Å²) in [5.41, 5.74) is 1.40. The summed E-state index contributed by atoms with van der Waals surface area (Å²) in [6.45, 7) is 1.78. The fourth-order valence-electron chi connectivity index (χ4n) is 2.59. The monoisotopic (exact) mass is 440 g/mol. The highest BCUT2D eigenvalue weighted by molar-refractivity contribution is 8.00. The molecule has 0 aliphatic heterocycles. The predicted octanol–water partition coefficient (Wildman–Crippen LogP) is 4.91. The summed E-state index contributed by atoms with van der Waals surface area (Å²) >= 11 is 2.76. The van der Waals surface area contributed by atoms with Crippen LogP contribution in [0.1, 0.15) is 27.0 Å². The van der Waals surface area contributed by atoms with Crippen LogP contribution in [-0.2, 0) is 9.53 Å². The van der Waals surface area contributed by atoms with Crippen LogP contribution in [0.25, 0.3) is 0 Å². The van der Waals surface area contributed by atoms with Gasteiger partial charge in [0.15, 0.2) is 0 Å². The second kappa shape index (κ2) is 10.1. The zero-order valence-electron chi connectivity index (χ0n) is 16.4. The fraction of sp³-hybridized carbons (Fsp3) is 0.136. The molecule has 0 radical (unpaired) electrons. The van der Waals surface area contributed by atoms with Crippen LogP contribution in [-0.4, -0.2) is 30.1 Å². The van der Waals surface area contributed by atoms with Crippen LogP contribution in [0, 0.1) is 0 Å². The van der Waals surface area contributed by atoms with Crippen LogP contribution >= 0.6 is 23.1 Å². The third-order valence-corrected chi connectivity index (χ3v) is 6.11. The largest absolute Gasteiger partial charge is 0.465 e. The summed E-state index contributed by atoms with van der Waals surface area (Å²) in [7, 11) is 1.30. The van der Waals surface area contributed by atoms with Crippen molar-refractivity contribution in [3.63, 3.8) is 0 Å². The molecule has 3 rings (SSSR count). The van der Waals surface area contributed by atoms with Gasteiger partial charge in [0.25, 0.3) is 5.91 Å². The van der Waals surface area contributed by atoms with E-state index in [1.54, 1.807) is 49.4 Å². The first kappa shape index (κ1) is 21.6. The van der Waals surface area contributed by atoms with Crippen LogP contribution in [0.5, 0.6) is 0 Å². The molecule has 1 atom stereocenters. The number of hydrogen-bond donors (Lipinski definition) is 2. The maximum absolute atomic E-state index is 12.6. The first-order chi connectivity index (χ1) is 14.5. The van der Waals surface area contributed by atoms with E-state index in [9.17, 15) is 14.4 Å². The lowest BCUT2D eigenvalue weighted by atomic mass is 10.2. The summed E-state index contributed by atoms with van der Waals surface area (Å²) in [6.07, 6.45) is 0. The molecule has 30 heavy (non-hydrogen) atoms. The Bertz CT molecular complexity index is 1030. The Hall–Kier alpha value is -3.10. The lowest BCUT2D eigenvalue weighted by Crippen LogP contribution is -2.23. The van der Waals surface area contributed by atoms with Crippen molar-refractivity contribution in [1.82, 2.24) is 0 Å². The first-order valence-corrected chi connectivity index (χ1v) is 10.8. The summed E-state index contributed by atoms with van der Waals surface area (Å²) in [6, 6.07) is 17.6. The number of hydrogen-bond acceptors (Lipinski definition) is 6. The van der Waals surface area contributed by atoms with E-state index in [0.29, 0.717) is 21.8 Å². The fourth-order valence-corrected chi connectivity index (χ4v) is 4.08. The average Bonchev–Trinajstić information content (AvgIpc) is 3.30. The molecule has 1 aromatic heterocycles. The van der Waals surface area contributed by atoms with Gasteiger partial charge in [-0.25, -0.2) is 4.79 Å². The lowest BCUT2D eigenvalue weighted by Gasteiger charge is -2.14. The quantitative estimate of drug-likeness (QED) is 0.403. The highest BCUT2D eigenvalue weighted by Crippen LogP contribution is 2.26. The third-order valence-electron chi connectivity index (χ3n) is 4.13. The van der Waals surface area contributed by atoms with E-state index in [1.165, 1.54) is 30.2 Å². The van der Waals surface area contributed by atoms with Gasteiger partial charge in [-0.15, -0.1) is 23.1 Å². The van der Waals surface area contributed by atoms with Crippen molar-refractivity contribution in [2.24, 2.45) is 0 Å². The Balaban J connectivity index is 1.59. The smallest absolute Gasteiger partial charge is 0.339 e. The molecule has 3 aromatic rings. The molecular formula is C22H20N2O4S2. The minimum absolute atomic E-state index is 0.151. The number of thioether (sulfide) groups is 1. The maximum Gasteiger partial charge on any atom is 0.339 e. The van der Waals surface area contributed by atoms with E-state index >= 15 is 0 Å². The van der Waals surface area contributed by atoms with E-state index in [2.05, 4.69) is 10.6 Å². The molecule has 0 saturated heterocycles. The van der Waals surface area contributed by atoms with Crippen LogP contribution in [0.15, 0.2) is 70.9 Å². The molecule has 1 heterocycles. The number of amides is 2. The minimum Gasteiger partial charge on any atom is -0.465 e. The molecule has 0 bridgehead atoms. The Kier molecular flexibility index (Phi) is 7.26. The molecule has 2 amide bonds. The van der Waals surface area contributed by atoms with Gasteiger partial charge in [0.05, 0.1) is 28.5 Å². The highest BCUT2D eigenvalue weighted by atomic mass is 32.2. The summed E-state index contributed by atoms with van der Waals surface area (Å²) in [4.78, 5) is 38.1. The number of rotatable bonds is 7. The van der Waals surface area contributed by atoms with Gasteiger partial charge in [0.2, 0.25) is 5.91 Å². The first-order valence-electron chi connectivity index (χ1n) is 9.07. The standard InChI is InChI=1S/C22H20N2O4S2/c1-14(20(25)24-18-7-4-3-6-17(18)22(27)28-2)30-16-11-9-15(10-12-16)23-21(26)19-8-5-13-29-19/h3-14H,1-2H3,(H,23,26)(H,24,25). The lowest BCUT2D eigenvalue weighted by molar-refractivity contribution is -0.115. The van der Waals surface area contributed by atoms with Gasteiger partial charge in [-0.05, 0) is 54.8 Å². The highest BCUT2D eigenvalue weighted by Gasteiger charge is 2.18. The van der Waals surface area contributed by atoms with Crippen molar-refractivity contribution >= 4 is 52.3 Å². The molecule has 8 heteroatoms. The number of para-hydroxylation sites is 1. The van der Waals surface area contributed by atoms with E-state index in [4.69, 9.17) is 4.74 Å². The molecule has 2 N–H and O–H groups in total. The molecule has 0 spiro atoms. The topological polar surface area (TPSA) is 84.5 Å². The van der Waals surface area contributed by atoms with Crippen LogP contribution < -0.4 is 10.6 Å². The van der Waals surface area contributed by atoms with Gasteiger partial charge in [-0.2, -0.15) is 0 Å². The zero-order valence-corrected chi connectivity index (χ0v) is 18.0. The van der Waals surface area contributed by atoms with Crippen molar-refractivity contribution < 1.29 is 19.1 Å². The van der Waals surface area contributed by atoms with Crippen molar-refractivity contribution in [3.05, 3.63) is 76.5 Å². The number of nitrogens with one attached hydrogen (secondary N) is 2. The van der Waals surface area contributed by atoms with Crippen LogP contribution in [0.4, 0.5) is 11.4 Å². The summed E-state index contributed by atoms with van der Waals surface area (Å²) in [5, 5.41) is 7.08. The van der Waals surface area contributed by atoms with Gasteiger partial charge in [-0.1, -0.05) is 18.2 Å². The molecule has 0 aliphatic carbocycles.